The summed E-state index contributed by atoms with van der Waals surface area (Å²) in [6.45, 7) is 1.44. The van der Waals surface area contributed by atoms with E-state index in [1.165, 1.54) is 6.07 Å². The van der Waals surface area contributed by atoms with E-state index in [0.29, 0.717) is 11.1 Å². The molecule has 0 aromatic heterocycles. The first-order chi connectivity index (χ1) is 11.4. The molecule has 0 saturated carbocycles. The van der Waals surface area contributed by atoms with Gasteiger partial charge in [-0.1, -0.05) is 42.0 Å². The van der Waals surface area contributed by atoms with Gasteiger partial charge in [0.25, 0.3) is 0 Å². The minimum absolute atomic E-state index is 0.0284. The second-order valence-electron chi connectivity index (χ2n) is 5.37. The third kappa shape index (κ3) is 3.05. The maximum atomic E-state index is 13.1. The van der Waals surface area contributed by atoms with Crippen molar-refractivity contribution in [2.45, 2.75) is 13.1 Å². The topological polar surface area (TPSA) is 41.8 Å². The van der Waals surface area contributed by atoms with E-state index in [1.54, 1.807) is 30.3 Å². The van der Waals surface area contributed by atoms with Gasteiger partial charge in [-0.15, -0.1) is 0 Å². The van der Waals surface area contributed by atoms with E-state index >= 15 is 0 Å². The van der Waals surface area contributed by atoms with Gasteiger partial charge in [0, 0.05) is 11.1 Å². The molecular weight excluding hydrogens is 319 g/mol. The number of para-hydroxylation sites is 1. The summed E-state index contributed by atoms with van der Waals surface area (Å²) < 4.78 is 44.3. The molecule has 1 aliphatic rings. The third-order valence-corrected chi connectivity index (χ3v) is 3.64. The van der Waals surface area contributed by atoms with E-state index in [2.05, 4.69) is 4.99 Å². The lowest BCUT2D eigenvalue weighted by atomic mass is 9.99. The van der Waals surface area contributed by atoms with Crippen LogP contribution in [0.2, 0.25) is 0 Å². The highest BCUT2D eigenvalue weighted by atomic mass is 19.4. The summed E-state index contributed by atoms with van der Waals surface area (Å²) in [5, 5.41) is 9.76. The van der Waals surface area contributed by atoms with Gasteiger partial charge < -0.3 is 9.84 Å². The molecule has 1 N–H and O–H groups in total. The summed E-state index contributed by atoms with van der Waals surface area (Å²) in [4.78, 5) is 3.54. The van der Waals surface area contributed by atoms with Crippen molar-refractivity contribution < 1.29 is 23.0 Å². The van der Waals surface area contributed by atoms with Gasteiger partial charge in [-0.05, 0) is 24.6 Å². The van der Waals surface area contributed by atoms with Crippen LogP contribution in [0.1, 0.15) is 16.7 Å². The first-order valence-electron chi connectivity index (χ1n) is 7.24. The molecule has 0 bridgehead atoms. The summed E-state index contributed by atoms with van der Waals surface area (Å²) in [5.41, 5.74) is 2.44. The van der Waals surface area contributed by atoms with Crippen molar-refractivity contribution in [2.75, 3.05) is 6.61 Å². The van der Waals surface area contributed by atoms with Gasteiger partial charge in [0.05, 0.1) is 12.3 Å². The Bertz CT molecular complexity index is 821. The van der Waals surface area contributed by atoms with Crippen LogP contribution in [0.15, 0.2) is 53.5 Å². The van der Waals surface area contributed by atoms with Crippen molar-refractivity contribution in [3.05, 3.63) is 65.2 Å². The van der Waals surface area contributed by atoms with Crippen molar-refractivity contribution >= 4 is 22.9 Å². The van der Waals surface area contributed by atoms with Crippen LogP contribution in [0.25, 0.3) is 11.3 Å². The number of aliphatic hydroxyl groups is 1. The van der Waals surface area contributed by atoms with E-state index in [9.17, 15) is 18.3 Å². The monoisotopic (exact) mass is 333 g/mol. The maximum Gasteiger partial charge on any atom is 0.468 e. The lowest BCUT2D eigenvalue weighted by molar-refractivity contribution is -0.0727. The molecule has 2 aromatic carbocycles. The van der Waals surface area contributed by atoms with Crippen LogP contribution in [0.4, 0.5) is 18.9 Å². The average Bonchev–Trinajstić information content (AvgIpc) is 2.56. The number of aliphatic hydroxyl groups excluding tert-OH is 1. The van der Waals surface area contributed by atoms with E-state index < -0.39 is 18.7 Å². The second-order valence-corrected chi connectivity index (χ2v) is 5.37. The quantitative estimate of drug-likeness (QED) is 0.880. The van der Waals surface area contributed by atoms with Gasteiger partial charge in [-0.3, -0.25) is 0 Å². The molecule has 3 rings (SSSR count). The fourth-order valence-electron chi connectivity index (χ4n) is 2.44. The highest BCUT2D eigenvalue weighted by molar-refractivity contribution is 6.01. The Morgan fingerprint density at radius 3 is 2.38 bits per heavy atom. The Hall–Kier alpha value is -2.60. The van der Waals surface area contributed by atoms with E-state index in [-0.39, 0.29) is 17.0 Å². The summed E-state index contributed by atoms with van der Waals surface area (Å²) >= 11 is 0. The number of hydrogen-bond donors (Lipinski definition) is 1. The summed E-state index contributed by atoms with van der Waals surface area (Å²) in [6.07, 6.45) is -4.72. The summed E-state index contributed by atoms with van der Waals surface area (Å²) in [6, 6.07) is 13.5. The third-order valence-electron chi connectivity index (χ3n) is 3.64. The van der Waals surface area contributed by atoms with Crippen LogP contribution in [-0.2, 0) is 4.74 Å². The number of hydrogen-bond acceptors (Lipinski definition) is 3. The molecule has 0 atom stereocenters. The van der Waals surface area contributed by atoms with Gasteiger partial charge in [0.2, 0.25) is 0 Å². The molecule has 0 aliphatic carbocycles. The normalized spacial score (nSPS) is 16.1. The Labute approximate surface area is 136 Å². The van der Waals surface area contributed by atoms with E-state index in [4.69, 9.17) is 4.74 Å². The van der Waals surface area contributed by atoms with Gasteiger partial charge in [-0.2, -0.15) is 13.2 Å². The molecule has 0 amide bonds. The Morgan fingerprint density at radius 2 is 1.75 bits per heavy atom. The second kappa shape index (κ2) is 6.13. The van der Waals surface area contributed by atoms with Gasteiger partial charge >= 0.3 is 12.1 Å². The highest BCUT2D eigenvalue weighted by Crippen LogP contribution is 2.39. The molecular formula is C18H14F3NO2. The highest BCUT2D eigenvalue weighted by Gasteiger charge is 2.42. The van der Waals surface area contributed by atoms with Gasteiger partial charge in [0.1, 0.15) is 5.76 Å². The number of rotatable bonds is 2. The van der Waals surface area contributed by atoms with E-state index in [1.807, 2.05) is 19.1 Å². The van der Waals surface area contributed by atoms with Gasteiger partial charge in [-0.25, -0.2) is 4.99 Å². The van der Waals surface area contributed by atoms with Crippen LogP contribution in [0.5, 0.6) is 0 Å². The molecule has 3 nitrogen and oxygen atoms in total. The number of aliphatic imine (C=N–C) groups is 1. The number of ether oxygens (including phenoxy) is 1. The minimum atomic E-state index is -4.72. The predicted octanol–water partition coefficient (Wildman–Crippen LogP) is 4.48. The molecule has 124 valence electrons. The molecule has 0 unspecified atom stereocenters. The minimum Gasteiger partial charge on any atom is -0.434 e. The zero-order valence-corrected chi connectivity index (χ0v) is 12.8. The number of fused-ring (bicyclic) bond motifs is 1. The molecule has 1 aliphatic heterocycles. The van der Waals surface area contributed by atoms with Crippen molar-refractivity contribution in [3.63, 3.8) is 0 Å². The number of nitrogens with zero attached hydrogens (tertiary/aromatic N) is 1. The molecule has 0 spiro atoms. The first-order valence-corrected chi connectivity index (χ1v) is 7.24. The Balaban J connectivity index is 2.21. The van der Waals surface area contributed by atoms with Crippen molar-refractivity contribution in [2.24, 2.45) is 4.99 Å². The fraction of sp³-hybridized carbons (Fsp3) is 0.167. The summed E-state index contributed by atoms with van der Waals surface area (Å²) in [5.74, 6) is -1.37. The molecule has 24 heavy (non-hydrogen) atoms. The number of halogens is 3. The largest absolute Gasteiger partial charge is 0.468 e. The Morgan fingerprint density at radius 1 is 1.08 bits per heavy atom. The standard InChI is InChI=1S/C18H14F3NO2/c1-11-6-8-12(9-7-11)14(10-23)16-13-4-2-3-5-15(13)22-17(24-16)18(19,20)21/h2-9,23H,10H2,1H3. The smallest absolute Gasteiger partial charge is 0.434 e. The van der Waals surface area contributed by atoms with Crippen LogP contribution < -0.4 is 0 Å². The van der Waals surface area contributed by atoms with Crippen molar-refractivity contribution in [1.82, 2.24) is 0 Å². The lowest BCUT2D eigenvalue weighted by Crippen LogP contribution is -2.27. The summed E-state index contributed by atoms with van der Waals surface area (Å²) in [7, 11) is 0. The fourth-order valence-corrected chi connectivity index (χ4v) is 2.44. The predicted molar refractivity (Wildman–Crippen MR) is 85.8 cm³/mol. The van der Waals surface area contributed by atoms with Crippen molar-refractivity contribution in [1.29, 1.82) is 0 Å². The van der Waals surface area contributed by atoms with Crippen LogP contribution in [-0.4, -0.2) is 23.8 Å². The lowest BCUT2D eigenvalue weighted by Gasteiger charge is -2.23. The molecule has 6 heteroatoms. The molecule has 0 saturated heterocycles. The van der Waals surface area contributed by atoms with Crippen LogP contribution in [0, 0.1) is 6.92 Å². The van der Waals surface area contributed by atoms with E-state index in [0.717, 1.165) is 5.56 Å². The molecule has 0 radical (unpaired) electrons. The number of benzene rings is 2. The number of aryl methyl sites for hydroxylation is 1. The van der Waals surface area contributed by atoms with Crippen molar-refractivity contribution in [3.8, 4) is 0 Å². The molecule has 1 heterocycles. The van der Waals surface area contributed by atoms with Crippen LogP contribution >= 0.6 is 0 Å². The van der Waals surface area contributed by atoms with Crippen LogP contribution in [0.3, 0.4) is 0 Å². The maximum absolute atomic E-state index is 13.1. The zero-order chi connectivity index (χ0) is 17.3. The SMILES string of the molecule is Cc1ccc(C(CO)=C2OC(C(F)(F)F)=Nc3ccccc32)cc1. The first kappa shape index (κ1) is 16.3. The zero-order valence-electron chi connectivity index (χ0n) is 12.8. The number of alkyl halides is 3. The molecule has 2 aromatic rings. The molecule has 0 fully saturated rings. The Kier molecular flexibility index (Phi) is 4.15. The average molecular weight is 333 g/mol. The van der Waals surface area contributed by atoms with Gasteiger partial charge in [0.15, 0.2) is 0 Å².